The van der Waals surface area contributed by atoms with Crippen LogP contribution in [-0.4, -0.2) is 45.1 Å². The van der Waals surface area contributed by atoms with Gasteiger partial charge in [0.2, 0.25) is 0 Å². The minimum Gasteiger partial charge on any atom is -0.497 e. The number of hydrogen-bond acceptors (Lipinski definition) is 10. The number of hydrogen-bond donors (Lipinski definition) is 0. The molecule has 0 fully saturated rings. The molecule has 12 nitrogen and oxygen atoms in total. The van der Waals surface area contributed by atoms with Gasteiger partial charge in [-0.25, -0.2) is 0 Å². The van der Waals surface area contributed by atoms with E-state index in [-0.39, 0.29) is 21.2 Å². The summed E-state index contributed by atoms with van der Waals surface area (Å²) < 4.78 is 5.28. The predicted molar refractivity (Wildman–Crippen MR) is 338 cm³/mol. The first kappa shape index (κ1) is 55.7. The van der Waals surface area contributed by atoms with Gasteiger partial charge in [0, 0.05) is 104 Å². The van der Waals surface area contributed by atoms with Crippen LogP contribution in [0.25, 0.3) is 43.1 Å². The minimum atomic E-state index is -0.389. The molecule has 0 unspecified atom stereocenters. The lowest BCUT2D eigenvalue weighted by molar-refractivity contribution is -0.385. The van der Waals surface area contributed by atoms with E-state index in [2.05, 4.69) is 150 Å². The maximum Gasteiger partial charge on any atom is 0.271 e. The maximum absolute atomic E-state index is 10.9. The van der Waals surface area contributed by atoms with Crippen LogP contribution in [0.4, 0.5) is 56.9 Å². The summed E-state index contributed by atoms with van der Waals surface area (Å²) in [6, 6.07) is 89.3. The lowest BCUT2D eigenvalue weighted by Crippen LogP contribution is -2.09. The van der Waals surface area contributed by atoms with Crippen LogP contribution in [0.15, 0.2) is 267 Å². The number of nitrogens with zero attached hydrogens (tertiary/aromatic N) is 7. The lowest BCUT2D eigenvalue weighted by atomic mass is 10.1. The summed E-state index contributed by atoms with van der Waals surface area (Å²) in [4.78, 5) is 29.0. The first-order valence-electron chi connectivity index (χ1n) is 26.4. The first-order chi connectivity index (χ1) is 39.8. The van der Waals surface area contributed by atoms with Crippen molar-refractivity contribution in [1.29, 1.82) is 5.26 Å². The van der Waals surface area contributed by atoms with Gasteiger partial charge in [-0.05, 0) is 146 Å². The molecular weight excluding hydrogens is 1020 g/mol. The topological polar surface area (TPSA) is 132 Å². The van der Waals surface area contributed by atoms with Crippen LogP contribution in [0, 0.1) is 31.6 Å². The molecule has 0 spiro atoms. The highest BCUT2D eigenvalue weighted by Crippen LogP contribution is 2.33. The third-order valence-electron chi connectivity index (χ3n) is 14.2. The van der Waals surface area contributed by atoms with Crippen LogP contribution in [0.5, 0.6) is 5.75 Å². The quantitative estimate of drug-likeness (QED) is 0.0911. The second-order valence-corrected chi connectivity index (χ2v) is 19.3. The molecule has 0 aliphatic rings. The van der Waals surface area contributed by atoms with E-state index < -0.39 is 0 Å². The number of benzene rings is 12. The number of anilines is 8. The second-order valence-electron chi connectivity index (χ2n) is 19.3. The van der Waals surface area contributed by atoms with Gasteiger partial charge in [-0.2, -0.15) is 5.26 Å². The Morgan fingerprint density at radius 1 is 0.329 bits per heavy atom. The van der Waals surface area contributed by atoms with Gasteiger partial charge in [-0.15, -0.1) is 0 Å². The van der Waals surface area contributed by atoms with Gasteiger partial charge in [0.05, 0.1) is 28.6 Å². The van der Waals surface area contributed by atoms with Gasteiger partial charge in [-0.1, -0.05) is 133 Å². The Hall–Kier alpha value is -11.0. The van der Waals surface area contributed by atoms with Crippen LogP contribution < -0.4 is 24.3 Å². The van der Waals surface area contributed by atoms with Crippen molar-refractivity contribution in [3.05, 3.63) is 293 Å². The molecule has 12 rings (SSSR count). The summed E-state index contributed by atoms with van der Waals surface area (Å²) >= 11 is 0. The number of nitro groups is 2. The van der Waals surface area contributed by atoms with Crippen molar-refractivity contribution in [2.45, 2.75) is 0 Å². The zero-order valence-electron chi connectivity index (χ0n) is 46.1. The van der Waals surface area contributed by atoms with Gasteiger partial charge in [0.25, 0.3) is 11.4 Å². The maximum atomic E-state index is 10.9. The fourth-order valence-corrected chi connectivity index (χ4v) is 9.33. The Bertz CT molecular complexity index is 4220. The highest BCUT2D eigenvalue weighted by atomic mass is 16.6. The van der Waals surface area contributed by atoms with Gasteiger partial charge < -0.3 is 24.3 Å². The van der Waals surface area contributed by atoms with Gasteiger partial charge in [-0.3, -0.25) is 20.2 Å². The van der Waals surface area contributed by atoms with E-state index in [4.69, 9.17) is 10.00 Å². The van der Waals surface area contributed by atoms with Crippen LogP contribution in [0.1, 0.15) is 5.56 Å². The summed E-state index contributed by atoms with van der Waals surface area (Å²) in [6.07, 6.45) is 0. The Morgan fingerprint density at radius 2 is 0.634 bits per heavy atom. The number of nitro benzene ring substituents is 2. The molecule has 12 aromatic rings. The highest BCUT2D eigenvalue weighted by molar-refractivity contribution is 5.90. The number of fused-ring (bicyclic) bond motifs is 4. The standard InChI is InChI=1S/C18H14N2.C18H17NO.2C17H14N2O2/c1-20(17-9-6-14(13-19)7-10-17)18-11-8-15-4-2-3-5-16(15)12-18;1-19(16-8-5-9-18(13-16)20-2)17-11-10-14-6-3-4-7-15(14)12-17;1-18(15-7-4-8-17(12-15)19(20)21)16-10-9-13-5-2-3-6-14(13)11-16;1-18(15-8-10-16(11-9-15)19(20)21)17-7-6-13-4-2-3-5-14(13)12-17/h2-12H,1H3;3-13H,1-2H3;2*2-12H,1H3. The number of ether oxygens (including phenoxy) is 1. The van der Waals surface area contributed by atoms with Crippen molar-refractivity contribution in [3.63, 3.8) is 0 Å². The third-order valence-corrected chi connectivity index (χ3v) is 14.2. The van der Waals surface area contributed by atoms with Crippen molar-refractivity contribution in [2.75, 3.05) is 54.9 Å². The van der Waals surface area contributed by atoms with Crippen LogP contribution >= 0.6 is 0 Å². The van der Waals surface area contributed by atoms with Crippen molar-refractivity contribution in [2.24, 2.45) is 0 Å². The van der Waals surface area contributed by atoms with E-state index in [1.807, 2.05) is 128 Å². The van der Waals surface area contributed by atoms with E-state index >= 15 is 0 Å². The predicted octanol–water partition coefficient (Wildman–Crippen LogP) is 18.1. The molecular formula is C70H59N7O5. The molecule has 0 saturated heterocycles. The van der Waals surface area contributed by atoms with Crippen LogP contribution in [0.2, 0.25) is 0 Å². The summed E-state index contributed by atoms with van der Waals surface area (Å²) in [7, 11) is 9.65. The molecule has 12 aromatic carbocycles. The van der Waals surface area contributed by atoms with Crippen molar-refractivity contribution < 1.29 is 14.6 Å². The summed E-state index contributed by atoms with van der Waals surface area (Å²) in [5.74, 6) is 0.870. The Balaban J connectivity index is 0.000000132. The number of rotatable bonds is 11. The van der Waals surface area contributed by atoms with E-state index in [9.17, 15) is 20.2 Å². The van der Waals surface area contributed by atoms with E-state index in [1.54, 1.807) is 31.4 Å². The molecule has 12 heteroatoms. The first-order valence-corrected chi connectivity index (χ1v) is 26.4. The van der Waals surface area contributed by atoms with Crippen LogP contribution in [0.3, 0.4) is 0 Å². The van der Waals surface area contributed by atoms with Crippen molar-refractivity contribution in [3.8, 4) is 11.8 Å². The number of methoxy groups -OCH3 is 1. The third kappa shape index (κ3) is 13.6. The lowest BCUT2D eigenvalue weighted by Gasteiger charge is -2.20. The molecule has 82 heavy (non-hydrogen) atoms. The normalized spacial score (nSPS) is 10.4. The number of non-ortho nitro benzene ring substituents is 2. The summed E-state index contributed by atoms with van der Waals surface area (Å²) in [6.45, 7) is 0. The zero-order chi connectivity index (χ0) is 57.5. The van der Waals surface area contributed by atoms with Gasteiger partial charge in [0.1, 0.15) is 5.75 Å². The molecule has 0 aliphatic carbocycles. The van der Waals surface area contributed by atoms with E-state index in [0.717, 1.165) is 56.6 Å². The zero-order valence-corrected chi connectivity index (χ0v) is 46.1. The number of nitriles is 1. The van der Waals surface area contributed by atoms with Gasteiger partial charge in [0.15, 0.2) is 0 Å². The molecule has 0 heterocycles. The smallest absolute Gasteiger partial charge is 0.271 e. The Labute approximate surface area is 477 Å². The molecule has 0 aliphatic heterocycles. The largest absolute Gasteiger partial charge is 0.497 e. The van der Waals surface area contributed by atoms with Gasteiger partial charge >= 0.3 is 0 Å². The average Bonchev–Trinajstić information content (AvgIpc) is 3.63. The molecule has 0 bridgehead atoms. The highest BCUT2D eigenvalue weighted by Gasteiger charge is 2.12. The SMILES string of the molecule is CN(c1ccc(C#N)cc1)c1ccc2ccccc2c1.CN(c1ccc([N+](=O)[O-])cc1)c1ccc2ccccc2c1.CN(c1cccc([N+](=O)[O-])c1)c1ccc2ccccc2c1.COc1cccc(N(C)c2ccc3ccccc3c2)c1. The molecule has 404 valence electrons. The average molecular weight is 1080 g/mol. The Morgan fingerprint density at radius 3 is 0.988 bits per heavy atom. The fourth-order valence-electron chi connectivity index (χ4n) is 9.33. The molecule has 0 atom stereocenters. The molecule has 0 aromatic heterocycles. The monoisotopic (exact) mass is 1080 g/mol. The Kier molecular flexibility index (Phi) is 17.7. The summed E-state index contributed by atoms with van der Waals surface area (Å²) in [5, 5.41) is 40.1. The molecule has 0 saturated carbocycles. The van der Waals surface area contributed by atoms with E-state index in [0.29, 0.717) is 5.56 Å². The van der Waals surface area contributed by atoms with Crippen molar-refractivity contribution >= 4 is 100.0 Å². The second kappa shape index (κ2) is 26.1. The molecule has 0 amide bonds. The summed E-state index contributed by atoms with van der Waals surface area (Å²) in [5.41, 5.74) is 9.10. The minimum absolute atomic E-state index is 0.0974. The van der Waals surface area contributed by atoms with E-state index in [1.165, 1.54) is 55.9 Å². The van der Waals surface area contributed by atoms with Crippen molar-refractivity contribution in [1.82, 2.24) is 0 Å². The molecule has 0 N–H and O–H groups in total. The van der Waals surface area contributed by atoms with Crippen LogP contribution in [-0.2, 0) is 0 Å². The fraction of sp³-hybridized carbons (Fsp3) is 0.0714. The molecule has 0 radical (unpaired) electrons.